The van der Waals surface area contributed by atoms with Crippen LogP contribution in [-0.4, -0.2) is 25.8 Å². The fourth-order valence-electron chi connectivity index (χ4n) is 2.01. The molecule has 1 heterocycles. The lowest BCUT2D eigenvalue weighted by molar-refractivity contribution is 0.477. The minimum atomic E-state index is -3.39. The standard InChI is InChI=1S/C11H15BrN2O2S/c1-8-10(13)6-9(12)7-11(8)17(15,16)14-4-2-3-5-14/h6-7H,2-5,13H2,1H3. The highest BCUT2D eigenvalue weighted by atomic mass is 79.9. The topological polar surface area (TPSA) is 63.4 Å². The molecule has 0 unspecified atom stereocenters. The lowest BCUT2D eigenvalue weighted by atomic mass is 10.2. The molecule has 2 rings (SSSR count). The number of halogens is 1. The van der Waals surface area contributed by atoms with Crippen LogP contribution < -0.4 is 5.73 Å². The number of nitrogens with zero attached hydrogens (tertiary/aromatic N) is 1. The summed E-state index contributed by atoms with van der Waals surface area (Å²) < 4.78 is 27.0. The Kier molecular flexibility index (Phi) is 3.47. The van der Waals surface area contributed by atoms with Crippen molar-refractivity contribution in [1.29, 1.82) is 0 Å². The number of anilines is 1. The Labute approximate surface area is 110 Å². The van der Waals surface area contributed by atoms with Gasteiger partial charge in [0.25, 0.3) is 0 Å². The van der Waals surface area contributed by atoms with Crippen LogP contribution in [0.1, 0.15) is 18.4 Å². The maximum Gasteiger partial charge on any atom is 0.243 e. The monoisotopic (exact) mass is 318 g/mol. The van der Waals surface area contributed by atoms with Crippen molar-refractivity contribution >= 4 is 31.6 Å². The molecule has 0 amide bonds. The van der Waals surface area contributed by atoms with Crippen LogP contribution in [0.2, 0.25) is 0 Å². The molecule has 1 aromatic rings. The van der Waals surface area contributed by atoms with E-state index >= 15 is 0 Å². The van der Waals surface area contributed by atoms with E-state index in [2.05, 4.69) is 15.9 Å². The highest BCUT2D eigenvalue weighted by molar-refractivity contribution is 9.10. The van der Waals surface area contributed by atoms with Gasteiger partial charge < -0.3 is 5.73 Å². The molecule has 6 heteroatoms. The molecule has 1 aliphatic heterocycles. The second kappa shape index (κ2) is 4.59. The molecule has 0 radical (unpaired) electrons. The minimum absolute atomic E-state index is 0.311. The van der Waals surface area contributed by atoms with Crippen LogP contribution in [0.25, 0.3) is 0 Å². The highest BCUT2D eigenvalue weighted by Gasteiger charge is 2.29. The first-order valence-corrected chi connectivity index (χ1v) is 7.72. The maximum absolute atomic E-state index is 12.4. The van der Waals surface area contributed by atoms with E-state index in [9.17, 15) is 8.42 Å². The quantitative estimate of drug-likeness (QED) is 0.849. The van der Waals surface area contributed by atoms with Crippen LogP contribution in [-0.2, 0) is 10.0 Å². The third-order valence-electron chi connectivity index (χ3n) is 3.05. The van der Waals surface area contributed by atoms with Crippen LogP contribution >= 0.6 is 15.9 Å². The van der Waals surface area contributed by atoms with Gasteiger partial charge in [0.1, 0.15) is 0 Å². The molecule has 0 atom stereocenters. The Hall–Kier alpha value is -0.590. The van der Waals surface area contributed by atoms with Gasteiger partial charge in [0.2, 0.25) is 10.0 Å². The van der Waals surface area contributed by atoms with Crippen LogP contribution in [0.4, 0.5) is 5.69 Å². The third kappa shape index (κ3) is 2.34. The number of hydrogen-bond acceptors (Lipinski definition) is 3. The highest BCUT2D eigenvalue weighted by Crippen LogP contribution is 2.29. The van der Waals surface area contributed by atoms with Crippen LogP contribution in [0.3, 0.4) is 0 Å². The van der Waals surface area contributed by atoms with E-state index in [-0.39, 0.29) is 0 Å². The molecular formula is C11H15BrN2O2S. The molecule has 1 aromatic carbocycles. The van der Waals surface area contributed by atoms with E-state index in [1.807, 2.05) is 0 Å². The summed E-state index contributed by atoms with van der Waals surface area (Å²) in [5.41, 5.74) is 6.93. The molecular weight excluding hydrogens is 304 g/mol. The van der Waals surface area contributed by atoms with Crippen LogP contribution in [0.15, 0.2) is 21.5 Å². The first-order valence-electron chi connectivity index (χ1n) is 5.48. The summed E-state index contributed by atoms with van der Waals surface area (Å²) in [7, 11) is -3.39. The number of rotatable bonds is 2. The molecule has 4 nitrogen and oxygen atoms in total. The van der Waals surface area contributed by atoms with Crippen molar-refractivity contribution in [3.8, 4) is 0 Å². The van der Waals surface area contributed by atoms with E-state index in [1.165, 1.54) is 4.31 Å². The predicted molar refractivity (Wildman–Crippen MR) is 71.3 cm³/mol. The molecule has 1 aliphatic rings. The lowest BCUT2D eigenvalue weighted by Gasteiger charge is -2.18. The normalized spacial score (nSPS) is 17.5. The van der Waals surface area contributed by atoms with E-state index in [4.69, 9.17) is 5.73 Å². The van der Waals surface area contributed by atoms with Crippen molar-refractivity contribution < 1.29 is 8.42 Å². The van der Waals surface area contributed by atoms with Gasteiger partial charge in [0.05, 0.1) is 4.90 Å². The molecule has 0 aromatic heterocycles. The second-order valence-electron chi connectivity index (χ2n) is 4.23. The van der Waals surface area contributed by atoms with Gasteiger partial charge in [-0.05, 0) is 37.5 Å². The zero-order chi connectivity index (χ0) is 12.6. The number of benzene rings is 1. The number of nitrogens with two attached hydrogens (primary N) is 1. The molecule has 1 fully saturated rings. The zero-order valence-electron chi connectivity index (χ0n) is 9.61. The molecule has 17 heavy (non-hydrogen) atoms. The minimum Gasteiger partial charge on any atom is -0.398 e. The summed E-state index contributed by atoms with van der Waals surface area (Å²) in [6.07, 6.45) is 1.86. The van der Waals surface area contributed by atoms with Gasteiger partial charge in [0.15, 0.2) is 0 Å². The summed E-state index contributed by atoms with van der Waals surface area (Å²) in [6, 6.07) is 3.34. The Bertz CT molecular complexity index is 537. The average molecular weight is 319 g/mol. The molecule has 0 aliphatic carbocycles. The predicted octanol–water partition coefficient (Wildman–Crippen LogP) is 2.12. The van der Waals surface area contributed by atoms with Gasteiger partial charge in [-0.2, -0.15) is 4.31 Å². The van der Waals surface area contributed by atoms with Crippen molar-refractivity contribution in [1.82, 2.24) is 4.31 Å². The smallest absolute Gasteiger partial charge is 0.243 e. The van der Waals surface area contributed by atoms with Gasteiger partial charge in [-0.25, -0.2) is 8.42 Å². The second-order valence-corrected chi connectivity index (χ2v) is 7.05. The Morgan fingerprint density at radius 3 is 2.47 bits per heavy atom. The number of hydrogen-bond donors (Lipinski definition) is 1. The SMILES string of the molecule is Cc1c(N)cc(Br)cc1S(=O)(=O)N1CCCC1. The van der Waals surface area contributed by atoms with E-state index < -0.39 is 10.0 Å². The largest absolute Gasteiger partial charge is 0.398 e. The fourth-order valence-corrected chi connectivity index (χ4v) is 4.43. The van der Waals surface area contributed by atoms with Gasteiger partial charge in [-0.3, -0.25) is 0 Å². The zero-order valence-corrected chi connectivity index (χ0v) is 12.0. The van der Waals surface area contributed by atoms with Crippen molar-refractivity contribution in [2.24, 2.45) is 0 Å². The Morgan fingerprint density at radius 1 is 1.29 bits per heavy atom. The summed E-state index contributed by atoms with van der Waals surface area (Å²) in [6.45, 7) is 2.95. The Balaban J connectivity index is 2.52. The van der Waals surface area contributed by atoms with Crippen LogP contribution in [0, 0.1) is 6.92 Å². The summed E-state index contributed by atoms with van der Waals surface area (Å²) >= 11 is 3.29. The van der Waals surface area contributed by atoms with E-state index in [1.54, 1.807) is 19.1 Å². The molecule has 0 bridgehead atoms. The maximum atomic E-state index is 12.4. The van der Waals surface area contributed by atoms with Gasteiger partial charge in [0, 0.05) is 23.2 Å². The number of nitrogen functional groups attached to an aromatic ring is 1. The van der Waals surface area contributed by atoms with Crippen molar-refractivity contribution in [2.75, 3.05) is 18.8 Å². The molecule has 1 saturated heterocycles. The van der Waals surface area contributed by atoms with Crippen molar-refractivity contribution in [2.45, 2.75) is 24.7 Å². The first kappa shape index (κ1) is 12.9. The van der Waals surface area contributed by atoms with Crippen molar-refractivity contribution in [3.63, 3.8) is 0 Å². The van der Waals surface area contributed by atoms with Crippen molar-refractivity contribution in [3.05, 3.63) is 22.2 Å². The summed E-state index contributed by atoms with van der Waals surface area (Å²) in [4.78, 5) is 0.311. The van der Waals surface area contributed by atoms with E-state index in [0.29, 0.717) is 33.7 Å². The molecule has 0 saturated carbocycles. The molecule has 2 N–H and O–H groups in total. The molecule has 0 spiro atoms. The van der Waals surface area contributed by atoms with Gasteiger partial charge in [-0.1, -0.05) is 15.9 Å². The van der Waals surface area contributed by atoms with Crippen LogP contribution in [0.5, 0.6) is 0 Å². The van der Waals surface area contributed by atoms with Gasteiger partial charge in [-0.15, -0.1) is 0 Å². The average Bonchev–Trinajstić information content (AvgIpc) is 2.76. The third-order valence-corrected chi connectivity index (χ3v) is 5.53. The fraction of sp³-hybridized carbons (Fsp3) is 0.455. The van der Waals surface area contributed by atoms with Gasteiger partial charge >= 0.3 is 0 Å². The Morgan fingerprint density at radius 2 is 1.88 bits per heavy atom. The summed E-state index contributed by atoms with van der Waals surface area (Å²) in [5.74, 6) is 0. The first-order chi connectivity index (χ1) is 7.93. The lowest BCUT2D eigenvalue weighted by Crippen LogP contribution is -2.28. The number of sulfonamides is 1. The van der Waals surface area contributed by atoms with E-state index in [0.717, 1.165) is 12.8 Å². The molecule has 94 valence electrons. The summed E-state index contributed by atoms with van der Waals surface area (Å²) in [5, 5.41) is 0.